The maximum absolute atomic E-state index is 9.49. The van der Waals surface area contributed by atoms with Gasteiger partial charge in [-0.15, -0.1) is 0 Å². The summed E-state index contributed by atoms with van der Waals surface area (Å²) >= 11 is 0. The molecule has 2 atom stereocenters. The first-order valence-corrected chi connectivity index (χ1v) is 7.07. The fraction of sp³-hybridized carbons (Fsp3) is 0.625. The summed E-state index contributed by atoms with van der Waals surface area (Å²) in [5, 5.41) is 18.7. The van der Waals surface area contributed by atoms with E-state index in [0.717, 1.165) is 12.0 Å². The van der Waals surface area contributed by atoms with Gasteiger partial charge in [0.2, 0.25) is 11.7 Å². The van der Waals surface area contributed by atoms with Gasteiger partial charge in [-0.3, -0.25) is 0 Å². The predicted octanol–water partition coefficient (Wildman–Crippen LogP) is 2.72. The van der Waals surface area contributed by atoms with Crippen molar-refractivity contribution in [2.75, 3.05) is 7.11 Å². The Bertz CT molecular complexity index is 598. The molecule has 0 spiro atoms. The average molecular weight is 287 g/mol. The second-order valence-electron chi connectivity index (χ2n) is 6.68. The highest BCUT2D eigenvalue weighted by Gasteiger charge is 2.49. The lowest BCUT2D eigenvalue weighted by Gasteiger charge is -2.46. The standard InChI is InChI=1S/C16H21N3O2/c1-15(2,3)10-5-6-16(20-4)13(7-10)11(8-17)12(9-18)14(19)21-16/h10H,5-7,19H2,1-4H3/t10-,16+/m1/s1. The monoisotopic (exact) mass is 287 g/mol. The number of nitrogens with two attached hydrogens (primary N) is 1. The van der Waals surface area contributed by atoms with Crippen LogP contribution in [0.2, 0.25) is 0 Å². The summed E-state index contributed by atoms with van der Waals surface area (Å²) < 4.78 is 11.3. The lowest BCUT2D eigenvalue weighted by atomic mass is 9.67. The van der Waals surface area contributed by atoms with Crippen molar-refractivity contribution in [1.29, 1.82) is 10.5 Å². The van der Waals surface area contributed by atoms with Gasteiger partial charge in [-0.2, -0.15) is 10.5 Å². The zero-order valence-corrected chi connectivity index (χ0v) is 13.0. The summed E-state index contributed by atoms with van der Waals surface area (Å²) in [5.74, 6) is -0.604. The first-order valence-electron chi connectivity index (χ1n) is 7.07. The third-order valence-electron chi connectivity index (χ3n) is 4.58. The Morgan fingerprint density at radius 2 is 1.90 bits per heavy atom. The summed E-state index contributed by atoms with van der Waals surface area (Å²) in [7, 11) is 1.55. The third-order valence-corrected chi connectivity index (χ3v) is 4.58. The number of hydrogen-bond acceptors (Lipinski definition) is 5. The maximum Gasteiger partial charge on any atom is 0.236 e. The molecular formula is C16H21N3O2. The van der Waals surface area contributed by atoms with Crippen molar-refractivity contribution >= 4 is 0 Å². The molecule has 2 aliphatic rings. The molecular weight excluding hydrogens is 266 g/mol. The van der Waals surface area contributed by atoms with Crippen molar-refractivity contribution < 1.29 is 9.47 Å². The molecule has 0 unspecified atom stereocenters. The van der Waals surface area contributed by atoms with E-state index in [1.165, 1.54) is 0 Å². The highest BCUT2D eigenvalue weighted by molar-refractivity contribution is 5.57. The van der Waals surface area contributed by atoms with Gasteiger partial charge in [0.1, 0.15) is 17.7 Å². The van der Waals surface area contributed by atoms with Crippen molar-refractivity contribution in [2.45, 2.75) is 45.8 Å². The second kappa shape index (κ2) is 5.09. The number of hydrogen-bond donors (Lipinski definition) is 1. The largest absolute Gasteiger partial charge is 0.442 e. The van der Waals surface area contributed by atoms with Gasteiger partial charge >= 0.3 is 0 Å². The summed E-state index contributed by atoms with van der Waals surface area (Å²) in [6.45, 7) is 6.55. The van der Waals surface area contributed by atoms with E-state index in [-0.39, 0.29) is 16.9 Å². The first kappa shape index (κ1) is 15.4. The van der Waals surface area contributed by atoms with Crippen LogP contribution in [0, 0.1) is 34.0 Å². The fourth-order valence-electron chi connectivity index (χ4n) is 3.17. The van der Waals surface area contributed by atoms with Crippen LogP contribution in [0.5, 0.6) is 0 Å². The fourth-order valence-corrected chi connectivity index (χ4v) is 3.17. The molecule has 0 bridgehead atoms. The van der Waals surface area contributed by atoms with E-state index in [1.807, 2.05) is 6.07 Å². The van der Waals surface area contributed by atoms with Gasteiger partial charge in [-0.05, 0) is 24.2 Å². The zero-order chi connectivity index (χ0) is 15.8. The number of methoxy groups -OCH3 is 1. The minimum Gasteiger partial charge on any atom is -0.442 e. The van der Waals surface area contributed by atoms with E-state index in [0.29, 0.717) is 24.3 Å². The molecule has 1 aliphatic heterocycles. The molecule has 1 aliphatic carbocycles. The number of nitriles is 2. The molecule has 0 amide bonds. The van der Waals surface area contributed by atoms with Crippen LogP contribution in [0.4, 0.5) is 0 Å². The number of allylic oxidation sites excluding steroid dienone is 2. The van der Waals surface area contributed by atoms with Crippen LogP contribution in [-0.4, -0.2) is 12.9 Å². The Labute approximate surface area is 125 Å². The highest BCUT2D eigenvalue weighted by Crippen LogP contribution is 2.50. The zero-order valence-electron chi connectivity index (χ0n) is 13.0. The quantitative estimate of drug-likeness (QED) is 0.800. The Morgan fingerprint density at radius 1 is 1.29 bits per heavy atom. The molecule has 1 saturated carbocycles. The topological polar surface area (TPSA) is 92.1 Å². The molecule has 0 saturated heterocycles. The molecule has 5 nitrogen and oxygen atoms in total. The van der Waals surface area contributed by atoms with Crippen molar-refractivity contribution in [3.8, 4) is 12.1 Å². The lowest BCUT2D eigenvalue weighted by molar-refractivity contribution is -0.193. The van der Waals surface area contributed by atoms with E-state index in [9.17, 15) is 10.5 Å². The average Bonchev–Trinajstić information content (AvgIpc) is 2.43. The van der Waals surface area contributed by atoms with Gasteiger partial charge in [0.05, 0.1) is 5.57 Å². The first-order chi connectivity index (χ1) is 9.79. The van der Waals surface area contributed by atoms with Gasteiger partial charge in [0.15, 0.2) is 0 Å². The minimum atomic E-state index is -0.989. The highest BCUT2D eigenvalue weighted by atomic mass is 16.7. The lowest BCUT2D eigenvalue weighted by Crippen LogP contribution is -2.46. The van der Waals surface area contributed by atoms with Crippen LogP contribution in [0.1, 0.15) is 40.0 Å². The molecule has 1 fully saturated rings. The number of rotatable bonds is 1. The van der Waals surface area contributed by atoms with Crippen LogP contribution < -0.4 is 5.73 Å². The summed E-state index contributed by atoms with van der Waals surface area (Å²) in [6.07, 6.45) is 2.23. The molecule has 112 valence electrons. The van der Waals surface area contributed by atoms with E-state index in [1.54, 1.807) is 7.11 Å². The third kappa shape index (κ3) is 2.39. The van der Waals surface area contributed by atoms with E-state index in [4.69, 9.17) is 15.2 Å². The Balaban J connectivity index is 2.57. The Hall–Kier alpha value is -1.98. The van der Waals surface area contributed by atoms with Gasteiger partial charge in [-0.25, -0.2) is 0 Å². The maximum atomic E-state index is 9.49. The second-order valence-corrected chi connectivity index (χ2v) is 6.68. The normalized spacial score (nSPS) is 29.3. The Morgan fingerprint density at radius 3 is 2.38 bits per heavy atom. The Kier molecular flexibility index (Phi) is 3.74. The molecule has 0 aromatic carbocycles. The molecule has 0 aromatic heterocycles. The number of fused-ring (bicyclic) bond motifs is 1. The van der Waals surface area contributed by atoms with Crippen LogP contribution >= 0.6 is 0 Å². The molecule has 1 heterocycles. The van der Waals surface area contributed by atoms with Crippen LogP contribution in [0.25, 0.3) is 0 Å². The predicted molar refractivity (Wildman–Crippen MR) is 77.1 cm³/mol. The van der Waals surface area contributed by atoms with Crippen molar-refractivity contribution in [3.05, 3.63) is 22.6 Å². The molecule has 2 rings (SSSR count). The van der Waals surface area contributed by atoms with Crippen molar-refractivity contribution in [2.24, 2.45) is 17.1 Å². The van der Waals surface area contributed by atoms with Crippen LogP contribution in [-0.2, 0) is 9.47 Å². The van der Waals surface area contributed by atoms with Gasteiger partial charge in [0.25, 0.3) is 0 Å². The van der Waals surface area contributed by atoms with Crippen molar-refractivity contribution in [1.82, 2.24) is 0 Å². The summed E-state index contributed by atoms with van der Waals surface area (Å²) in [4.78, 5) is 0. The van der Waals surface area contributed by atoms with Crippen molar-refractivity contribution in [3.63, 3.8) is 0 Å². The van der Waals surface area contributed by atoms with E-state index in [2.05, 4.69) is 26.8 Å². The minimum absolute atomic E-state index is 0.0196. The molecule has 0 radical (unpaired) electrons. The van der Waals surface area contributed by atoms with E-state index < -0.39 is 5.79 Å². The number of ether oxygens (including phenoxy) is 2. The summed E-state index contributed by atoms with van der Waals surface area (Å²) in [6, 6.07) is 4.10. The number of nitrogens with zero attached hydrogens (tertiary/aromatic N) is 2. The smallest absolute Gasteiger partial charge is 0.236 e. The van der Waals surface area contributed by atoms with Gasteiger partial charge in [0, 0.05) is 19.1 Å². The molecule has 2 N–H and O–H groups in total. The van der Waals surface area contributed by atoms with Crippen LogP contribution in [0.3, 0.4) is 0 Å². The van der Waals surface area contributed by atoms with Crippen LogP contribution in [0.15, 0.2) is 22.6 Å². The van der Waals surface area contributed by atoms with Gasteiger partial charge in [-0.1, -0.05) is 20.8 Å². The van der Waals surface area contributed by atoms with Gasteiger partial charge < -0.3 is 15.2 Å². The molecule has 0 aromatic rings. The molecule has 21 heavy (non-hydrogen) atoms. The molecule has 5 heteroatoms. The summed E-state index contributed by atoms with van der Waals surface area (Å²) in [5.41, 5.74) is 7.12. The van der Waals surface area contributed by atoms with E-state index >= 15 is 0 Å². The SMILES string of the molecule is CO[C@]12CC[C@@H](C(C)(C)C)CC1=C(C#N)C(C#N)=C(N)O2.